The van der Waals surface area contributed by atoms with Gasteiger partial charge >= 0.3 is 0 Å². The minimum Gasteiger partial charge on any atom is -0.398 e. The van der Waals surface area contributed by atoms with E-state index in [9.17, 15) is 8.42 Å². The van der Waals surface area contributed by atoms with Gasteiger partial charge in [0, 0.05) is 21.6 Å². The Morgan fingerprint density at radius 3 is 2.70 bits per heavy atom. The minimum absolute atomic E-state index is 0.173. The largest absolute Gasteiger partial charge is 0.398 e. The van der Waals surface area contributed by atoms with Crippen molar-refractivity contribution >= 4 is 54.6 Å². The Kier molecular flexibility index (Phi) is 4.76. The SMILES string of the molecule is Cc1c(N)cc(Br)cc1S(=O)(=O)NCc1ccc(Cl)s1. The molecule has 1 aromatic heterocycles. The highest BCUT2D eigenvalue weighted by atomic mass is 79.9. The van der Waals surface area contributed by atoms with Crippen molar-refractivity contribution in [2.24, 2.45) is 0 Å². The van der Waals surface area contributed by atoms with Gasteiger partial charge in [0.25, 0.3) is 0 Å². The van der Waals surface area contributed by atoms with Gasteiger partial charge in [0.1, 0.15) is 0 Å². The maximum absolute atomic E-state index is 12.3. The standard InChI is InChI=1S/C12H12BrClN2O2S2/c1-7-10(15)4-8(13)5-11(7)20(17,18)16-6-9-2-3-12(14)19-9/h2-5,16H,6,15H2,1H3. The molecule has 0 amide bonds. The Labute approximate surface area is 135 Å². The molecule has 1 heterocycles. The Morgan fingerprint density at radius 1 is 1.40 bits per heavy atom. The molecule has 0 unspecified atom stereocenters. The van der Waals surface area contributed by atoms with Gasteiger partial charge in [-0.3, -0.25) is 0 Å². The lowest BCUT2D eigenvalue weighted by molar-refractivity contribution is 0.581. The van der Waals surface area contributed by atoms with E-state index in [2.05, 4.69) is 20.7 Å². The van der Waals surface area contributed by atoms with Crippen molar-refractivity contribution in [3.63, 3.8) is 0 Å². The van der Waals surface area contributed by atoms with Crippen molar-refractivity contribution < 1.29 is 8.42 Å². The number of benzene rings is 1. The Bertz CT molecular complexity index is 744. The molecular formula is C12H12BrClN2O2S2. The third kappa shape index (κ3) is 3.53. The number of rotatable bonds is 4. The normalized spacial score (nSPS) is 11.8. The van der Waals surface area contributed by atoms with Crippen LogP contribution in [0.1, 0.15) is 10.4 Å². The number of hydrogen-bond donors (Lipinski definition) is 2. The zero-order chi connectivity index (χ0) is 14.9. The van der Waals surface area contributed by atoms with Crippen LogP contribution >= 0.6 is 38.9 Å². The summed E-state index contributed by atoms with van der Waals surface area (Å²) in [5, 5.41) is 0. The van der Waals surface area contributed by atoms with Gasteiger partial charge in [-0.1, -0.05) is 27.5 Å². The summed E-state index contributed by atoms with van der Waals surface area (Å²) in [5.41, 5.74) is 6.75. The summed E-state index contributed by atoms with van der Waals surface area (Å²) < 4.78 is 28.4. The van der Waals surface area contributed by atoms with Crippen LogP contribution in [-0.2, 0) is 16.6 Å². The fourth-order valence-corrected chi connectivity index (χ4v) is 4.69. The van der Waals surface area contributed by atoms with Crippen molar-refractivity contribution in [2.75, 3.05) is 5.73 Å². The lowest BCUT2D eigenvalue weighted by Crippen LogP contribution is -2.24. The number of anilines is 1. The van der Waals surface area contributed by atoms with Crippen molar-refractivity contribution in [2.45, 2.75) is 18.4 Å². The van der Waals surface area contributed by atoms with Gasteiger partial charge in [0.2, 0.25) is 10.0 Å². The van der Waals surface area contributed by atoms with E-state index in [0.29, 0.717) is 20.1 Å². The molecule has 0 spiro atoms. The Hall–Kier alpha value is -0.600. The smallest absolute Gasteiger partial charge is 0.241 e. The van der Waals surface area contributed by atoms with Crippen molar-refractivity contribution in [3.8, 4) is 0 Å². The number of thiophene rings is 1. The van der Waals surface area contributed by atoms with Crippen LogP contribution in [0.3, 0.4) is 0 Å². The zero-order valence-electron chi connectivity index (χ0n) is 10.5. The van der Waals surface area contributed by atoms with Crippen molar-refractivity contribution in [3.05, 3.63) is 43.5 Å². The summed E-state index contributed by atoms with van der Waals surface area (Å²) in [7, 11) is -3.62. The first-order valence-corrected chi connectivity index (χ1v) is 9.06. The second-order valence-electron chi connectivity index (χ2n) is 4.15. The van der Waals surface area contributed by atoms with E-state index in [-0.39, 0.29) is 11.4 Å². The van der Waals surface area contributed by atoms with Gasteiger partial charge in [0.15, 0.2) is 0 Å². The molecule has 0 radical (unpaired) electrons. The molecule has 0 saturated carbocycles. The second-order valence-corrected chi connectivity index (χ2v) is 8.60. The molecule has 0 fully saturated rings. The predicted octanol–water partition coefficient (Wildman–Crippen LogP) is 3.53. The van der Waals surface area contributed by atoms with E-state index in [1.165, 1.54) is 17.4 Å². The van der Waals surface area contributed by atoms with Gasteiger partial charge in [0.05, 0.1) is 9.23 Å². The number of nitrogens with one attached hydrogen (secondary N) is 1. The van der Waals surface area contributed by atoms with Crippen LogP contribution in [0, 0.1) is 6.92 Å². The van der Waals surface area contributed by atoms with E-state index in [4.69, 9.17) is 17.3 Å². The van der Waals surface area contributed by atoms with Crippen LogP contribution in [-0.4, -0.2) is 8.42 Å². The third-order valence-corrected chi connectivity index (χ3v) is 5.94. The van der Waals surface area contributed by atoms with Gasteiger partial charge in [-0.15, -0.1) is 11.3 Å². The van der Waals surface area contributed by atoms with Crippen molar-refractivity contribution in [1.82, 2.24) is 4.72 Å². The highest BCUT2D eigenvalue weighted by Crippen LogP contribution is 2.27. The maximum atomic E-state index is 12.3. The minimum atomic E-state index is -3.62. The molecule has 0 saturated heterocycles. The topological polar surface area (TPSA) is 72.2 Å². The molecule has 0 aliphatic heterocycles. The molecule has 0 atom stereocenters. The molecule has 4 nitrogen and oxygen atoms in total. The summed E-state index contributed by atoms with van der Waals surface area (Å²) in [6, 6.07) is 6.73. The first kappa shape index (κ1) is 15.8. The fourth-order valence-electron chi connectivity index (χ4n) is 1.64. The lowest BCUT2D eigenvalue weighted by Gasteiger charge is -2.11. The first-order chi connectivity index (χ1) is 9.29. The van der Waals surface area contributed by atoms with Gasteiger partial charge in [-0.05, 0) is 36.8 Å². The summed E-state index contributed by atoms with van der Waals surface area (Å²) in [5.74, 6) is 0. The molecule has 8 heteroatoms. The number of halogens is 2. The van der Waals surface area contributed by atoms with Crippen LogP contribution in [0.4, 0.5) is 5.69 Å². The molecule has 20 heavy (non-hydrogen) atoms. The van der Waals surface area contributed by atoms with Crippen molar-refractivity contribution in [1.29, 1.82) is 0 Å². The monoisotopic (exact) mass is 394 g/mol. The van der Waals surface area contributed by atoms with Gasteiger partial charge in [-0.2, -0.15) is 0 Å². The van der Waals surface area contributed by atoms with Crippen LogP contribution in [0.15, 0.2) is 33.6 Å². The molecule has 108 valence electrons. The van der Waals surface area contributed by atoms with E-state index < -0.39 is 10.0 Å². The van der Waals surface area contributed by atoms with Crippen LogP contribution < -0.4 is 10.5 Å². The predicted molar refractivity (Wildman–Crippen MR) is 86.6 cm³/mol. The van der Waals surface area contributed by atoms with E-state index in [1.807, 2.05) is 0 Å². The summed E-state index contributed by atoms with van der Waals surface area (Å²) in [4.78, 5) is 1.02. The van der Waals surface area contributed by atoms with E-state index in [1.54, 1.807) is 25.1 Å². The quantitative estimate of drug-likeness (QED) is 0.778. The molecule has 0 aliphatic rings. The number of nitrogens with two attached hydrogens (primary N) is 1. The molecule has 2 rings (SSSR count). The lowest BCUT2D eigenvalue weighted by atomic mass is 10.2. The maximum Gasteiger partial charge on any atom is 0.241 e. The van der Waals surface area contributed by atoms with E-state index in [0.717, 1.165) is 4.88 Å². The Balaban J connectivity index is 2.27. The van der Waals surface area contributed by atoms with Crippen LogP contribution in [0.2, 0.25) is 4.34 Å². The van der Waals surface area contributed by atoms with Crippen LogP contribution in [0.25, 0.3) is 0 Å². The molecule has 1 aromatic carbocycles. The Morgan fingerprint density at radius 2 is 2.10 bits per heavy atom. The average molecular weight is 396 g/mol. The molecule has 3 N–H and O–H groups in total. The second kappa shape index (κ2) is 6.03. The van der Waals surface area contributed by atoms with E-state index >= 15 is 0 Å². The van der Waals surface area contributed by atoms with Gasteiger partial charge < -0.3 is 5.73 Å². The highest BCUT2D eigenvalue weighted by Gasteiger charge is 2.19. The first-order valence-electron chi connectivity index (χ1n) is 5.59. The highest BCUT2D eigenvalue weighted by molar-refractivity contribution is 9.10. The fraction of sp³-hybridized carbons (Fsp3) is 0.167. The summed E-state index contributed by atoms with van der Waals surface area (Å²) in [6.45, 7) is 1.88. The number of nitrogen functional groups attached to an aromatic ring is 1. The zero-order valence-corrected chi connectivity index (χ0v) is 14.5. The summed E-state index contributed by atoms with van der Waals surface area (Å²) >= 11 is 10.4. The third-order valence-electron chi connectivity index (χ3n) is 2.72. The van der Waals surface area contributed by atoms with Gasteiger partial charge in [-0.25, -0.2) is 13.1 Å². The molecule has 2 aromatic rings. The molecule has 0 aliphatic carbocycles. The molecule has 0 bridgehead atoms. The number of hydrogen-bond acceptors (Lipinski definition) is 4. The number of sulfonamides is 1. The average Bonchev–Trinajstić information content (AvgIpc) is 2.77. The van der Waals surface area contributed by atoms with Crippen LogP contribution in [0.5, 0.6) is 0 Å². The molecular weight excluding hydrogens is 384 g/mol. The summed E-state index contributed by atoms with van der Waals surface area (Å²) in [6.07, 6.45) is 0.